The number of ether oxygens (including phenoxy) is 2. The number of hydrogen-bond donors (Lipinski definition) is 1. The van der Waals surface area contributed by atoms with Gasteiger partial charge in [0.15, 0.2) is 5.75 Å². The lowest BCUT2D eigenvalue weighted by Gasteiger charge is -2.12. The minimum atomic E-state index is -0.659. The molecule has 0 unspecified atom stereocenters. The maximum atomic E-state index is 12.2. The van der Waals surface area contributed by atoms with Gasteiger partial charge in [-0.15, -0.1) is 0 Å². The lowest BCUT2D eigenvalue weighted by atomic mass is 10.1. The summed E-state index contributed by atoms with van der Waals surface area (Å²) in [5, 5.41) is 9.28. The van der Waals surface area contributed by atoms with E-state index in [1.54, 1.807) is 42.5 Å². The van der Waals surface area contributed by atoms with Crippen molar-refractivity contribution in [2.45, 2.75) is 13.5 Å². The van der Waals surface area contributed by atoms with Gasteiger partial charge in [-0.1, -0.05) is 30.3 Å². The van der Waals surface area contributed by atoms with Gasteiger partial charge in [-0.3, -0.25) is 4.79 Å². The fourth-order valence-electron chi connectivity index (χ4n) is 1.78. The molecule has 0 atom stereocenters. The molecule has 5 nitrogen and oxygen atoms in total. The smallest absolute Gasteiger partial charge is 0.347 e. The minimum Gasteiger partial charge on any atom is -0.425 e. The molecule has 108 valence electrons. The van der Waals surface area contributed by atoms with E-state index in [0.29, 0.717) is 11.3 Å². The van der Waals surface area contributed by atoms with Crippen LogP contribution >= 0.6 is 0 Å². The van der Waals surface area contributed by atoms with Crippen LogP contribution in [-0.2, 0) is 11.4 Å². The second kappa shape index (κ2) is 6.67. The molecule has 0 aliphatic rings. The summed E-state index contributed by atoms with van der Waals surface area (Å²) in [6.45, 7) is 0.871. The quantitative estimate of drug-likeness (QED) is 0.689. The van der Waals surface area contributed by atoms with Crippen molar-refractivity contribution in [1.82, 2.24) is 0 Å². The Kier molecular flexibility index (Phi) is 4.68. The van der Waals surface area contributed by atoms with E-state index in [0.717, 1.165) is 0 Å². The normalized spacial score (nSPS) is 10.0. The molecule has 0 heterocycles. The van der Waals surface area contributed by atoms with Crippen LogP contribution in [0.15, 0.2) is 48.5 Å². The van der Waals surface area contributed by atoms with Crippen molar-refractivity contribution in [3.8, 4) is 11.5 Å². The van der Waals surface area contributed by atoms with E-state index in [9.17, 15) is 14.7 Å². The lowest BCUT2D eigenvalue weighted by molar-refractivity contribution is -0.131. The minimum absolute atomic E-state index is 0.0217. The highest BCUT2D eigenvalue weighted by Crippen LogP contribution is 2.26. The number of rotatable bonds is 4. The Labute approximate surface area is 121 Å². The number of aliphatic hydroxyl groups excluding tert-OH is 1. The first-order chi connectivity index (χ1) is 10.1. The van der Waals surface area contributed by atoms with Gasteiger partial charge in [-0.05, 0) is 18.2 Å². The molecule has 0 amide bonds. The van der Waals surface area contributed by atoms with Crippen molar-refractivity contribution >= 4 is 11.9 Å². The van der Waals surface area contributed by atoms with Crippen molar-refractivity contribution < 1.29 is 24.2 Å². The van der Waals surface area contributed by atoms with Crippen LogP contribution in [0.2, 0.25) is 0 Å². The first kappa shape index (κ1) is 14.7. The van der Waals surface area contributed by atoms with E-state index in [1.807, 2.05) is 0 Å². The predicted molar refractivity (Wildman–Crippen MR) is 75.1 cm³/mol. The zero-order valence-electron chi connectivity index (χ0n) is 11.4. The van der Waals surface area contributed by atoms with Crippen LogP contribution in [0.25, 0.3) is 0 Å². The molecule has 2 aromatic carbocycles. The van der Waals surface area contributed by atoms with Crippen LogP contribution < -0.4 is 9.47 Å². The van der Waals surface area contributed by atoms with Crippen LogP contribution in [0.3, 0.4) is 0 Å². The number of esters is 2. The highest BCUT2D eigenvalue weighted by Gasteiger charge is 2.19. The number of carbonyl (C=O) groups is 2. The molecule has 2 rings (SSSR count). The molecule has 0 bridgehead atoms. The third kappa shape index (κ3) is 3.67. The van der Waals surface area contributed by atoms with E-state index in [-0.39, 0.29) is 17.9 Å². The number of benzene rings is 2. The Bertz CT molecular complexity index is 649. The second-order valence-electron chi connectivity index (χ2n) is 4.25. The molecular weight excluding hydrogens is 272 g/mol. The molecular formula is C16H14O5. The summed E-state index contributed by atoms with van der Waals surface area (Å²) in [6.07, 6.45) is 0. The number of aliphatic hydroxyl groups is 1. The maximum Gasteiger partial charge on any atom is 0.347 e. The third-order valence-corrected chi connectivity index (χ3v) is 2.69. The standard InChI is InChI=1S/C16H14O5/c1-11(18)20-15-12(10-17)6-5-9-14(15)16(19)21-13-7-3-2-4-8-13/h2-9,17H,10H2,1H3. The Morgan fingerprint density at radius 3 is 2.33 bits per heavy atom. The summed E-state index contributed by atoms with van der Waals surface area (Å²) in [5.74, 6) is -0.837. The molecule has 5 heteroatoms. The first-order valence-electron chi connectivity index (χ1n) is 6.30. The predicted octanol–water partition coefficient (Wildman–Crippen LogP) is 2.32. The van der Waals surface area contributed by atoms with Gasteiger partial charge in [0.25, 0.3) is 0 Å². The molecule has 0 aromatic heterocycles. The number of hydrogen-bond acceptors (Lipinski definition) is 5. The van der Waals surface area contributed by atoms with Crippen molar-refractivity contribution in [2.75, 3.05) is 0 Å². The summed E-state index contributed by atoms with van der Waals surface area (Å²) in [7, 11) is 0. The molecule has 0 saturated carbocycles. The van der Waals surface area contributed by atoms with Gasteiger partial charge < -0.3 is 14.6 Å². The van der Waals surface area contributed by atoms with Crippen LogP contribution in [0.5, 0.6) is 11.5 Å². The van der Waals surface area contributed by atoms with Crippen LogP contribution in [-0.4, -0.2) is 17.0 Å². The number of carbonyl (C=O) groups excluding carboxylic acids is 2. The Balaban J connectivity index is 2.33. The molecule has 0 spiro atoms. The molecule has 0 aliphatic carbocycles. The SMILES string of the molecule is CC(=O)Oc1c(CO)cccc1C(=O)Oc1ccccc1. The Hall–Kier alpha value is -2.66. The fraction of sp³-hybridized carbons (Fsp3) is 0.125. The molecule has 2 aromatic rings. The fourth-order valence-corrected chi connectivity index (χ4v) is 1.78. The van der Waals surface area contributed by atoms with Gasteiger partial charge in [0.1, 0.15) is 11.3 Å². The zero-order valence-corrected chi connectivity index (χ0v) is 11.4. The van der Waals surface area contributed by atoms with Crippen LogP contribution in [0, 0.1) is 0 Å². The van der Waals surface area contributed by atoms with E-state index < -0.39 is 11.9 Å². The van der Waals surface area contributed by atoms with E-state index in [2.05, 4.69) is 0 Å². The highest BCUT2D eigenvalue weighted by atomic mass is 16.5. The van der Waals surface area contributed by atoms with Gasteiger partial charge >= 0.3 is 11.9 Å². The van der Waals surface area contributed by atoms with Crippen molar-refractivity contribution in [1.29, 1.82) is 0 Å². The first-order valence-corrected chi connectivity index (χ1v) is 6.30. The summed E-state index contributed by atoms with van der Waals surface area (Å²) in [4.78, 5) is 23.3. The number of para-hydroxylation sites is 2. The topological polar surface area (TPSA) is 72.8 Å². The lowest BCUT2D eigenvalue weighted by Crippen LogP contribution is -2.14. The summed E-state index contributed by atoms with van der Waals surface area (Å²) >= 11 is 0. The van der Waals surface area contributed by atoms with E-state index >= 15 is 0 Å². The Morgan fingerprint density at radius 1 is 1.00 bits per heavy atom. The summed E-state index contributed by atoms with van der Waals surface area (Å²) in [6, 6.07) is 13.2. The van der Waals surface area contributed by atoms with Gasteiger partial charge in [0, 0.05) is 12.5 Å². The van der Waals surface area contributed by atoms with Crippen LogP contribution in [0.4, 0.5) is 0 Å². The average Bonchev–Trinajstić information content (AvgIpc) is 2.47. The van der Waals surface area contributed by atoms with Gasteiger partial charge in [-0.25, -0.2) is 4.79 Å². The van der Waals surface area contributed by atoms with Gasteiger partial charge in [0.2, 0.25) is 0 Å². The molecule has 0 aliphatic heterocycles. The molecule has 0 saturated heterocycles. The zero-order chi connectivity index (χ0) is 15.2. The maximum absolute atomic E-state index is 12.2. The van der Waals surface area contributed by atoms with Crippen molar-refractivity contribution in [3.63, 3.8) is 0 Å². The molecule has 0 fully saturated rings. The largest absolute Gasteiger partial charge is 0.425 e. The molecule has 0 radical (unpaired) electrons. The summed E-state index contributed by atoms with van der Waals surface area (Å²) in [5.41, 5.74) is 0.424. The third-order valence-electron chi connectivity index (χ3n) is 2.69. The van der Waals surface area contributed by atoms with E-state index in [1.165, 1.54) is 13.0 Å². The monoisotopic (exact) mass is 286 g/mol. The van der Waals surface area contributed by atoms with Gasteiger partial charge in [0.05, 0.1) is 6.61 Å². The van der Waals surface area contributed by atoms with Crippen molar-refractivity contribution in [3.05, 3.63) is 59.7 Å². The average molecular weight is 286 g/mol. The van der Waals surface area contributed by atoms with Gasteiger partial charge in [-0.2, -0.15) is 0 Å². The molecule has 21 heavy (non-hydrogen) atoms. The second-order valence-corrected chi connectivity index (χ2v) is 4.25. The summed E-state index contributed by atoms with van der Waals surface area (Å²) < 4.78 is 10.2. The van der Waals surface area contributed by atoms with E-state index in [4.69, 9.17) is 9.47 Å². The highest BCUT2D eigenvalue weighted by molar-refractivity contribution is 5.95. The van der Waals surface area contributed by atoms with Crippen molar-refractivity contribution in [2.24, 2.45) is 0 Å². The Morgan fingerprint density at radius 2 is 1.71 bits per heavy atom. The molecule has 1 N–H and O–H groups in total. The van der Waals surface area contributed by atoms with Crippen LogP contribution in [0.1, 0.15) is 22.8 Å².